The van der Waals surface area contributed by atoms with Crippen LogP contribution in [0, 0.1) is 6.92 Å². The van der Waals surface area contributed by atoms with Gasteiger partial charge in [0, 0.05) is 10.6 Å². The maximum absolute atomic E-state index is 9.60. The molecule has 0 atom stereocenters. The van der Waals surface area contributed by atoms with E-state index in [-0.39, 0.29) is 5.75 Å². The molecule has 0 aliphatic carbocycles. The largest absolute Gasteiger partial charge is 0.508 e. The van der Waals surface area contributed by atoms with Gasteiger partial charge in [0.15, 0.2) is 0 Å². The zero-order valence-electron chi connectivity index (χ0n) is 9.70. The maximum Gasteiger partial charge on any atom is 0.119 e. The molecular weight excluding hydrogens is 236 g/mol. The summed E-state index contributed by atoms with van der Waals surface area (Å²) in [6.07, 6.45) is 0. The van der Waals surface area contributed by atoms with E-state index in [0.717, 1.165) is 22.4 Å². The minimum atomic E-state index is 0.235. The second-order valence-corrected chi connectivity index (χ2v) is 4.31. The Balaban J connectivity index is 2.58. The Kier molecular flexibility index (Phi) is 3.25. The van der Waals surface area contributed by atoms with Crippen molar-refractivity contribution in [3.05, 3.63) is 47.0 Å². The fraction of sp³-hybridized carbons (Fsp3) is 0.143. The predicted octanol–water partition coefficient (Wildman–Crippen LogP) is 4.03. The van der Waals surface area contributed by atoms with Crippen LogP contribution in [0.1, 0.15) is 5.56 Å². The third-order valence-corrected chi connectivity index (χ3v) is 2.88. The Hall–Kier alpha value is -1.67. The lowest BCUT2D eigenvalue weighted by molar-refractivity contribution is 0.415. The zero-order valence-corrected chi connectivity index (χ0v) is 10.5. The van der Waals surface area contributed by atoms with E-state index in [1.807, 2.05) is 25.1 Å². The molecule has 2 rings (SSSR count). The van der Waals surface area contributed by atoms with Crippen molar-refractivity contribution in [2.45, 2.75) is 6.92 Å². The van der Waals surface area contributed by atoms with E-state index < -0.39 is 0 Å². The molecule has 2 nitrogen and oxygen atoms in total. The average molecular weight is 249 g/mol. The first kappa shape index (κ1) is 11.8. The van der Waals surface area contributed by atoms with Gasteiger partial charge in [0.1, 0.15) is 11.5 Å². The zero-order chi connectivity index (χ0) is 12.4. The molecule has 0 fully saturated rings. The minimum Gasteiger partial charge on any atom is -0.508 e. The van der Waals surface area contributed by atoms with Crippen LogP contribution in [-0.4, -0.2) is 12.2 Å². The van der Waals surface area contributed by atoms with Crippen LogP contribution in [0.2, 0.25) is 5.02 Å². The molecule has 0 spiro atoms. The number of hydrogen-bond acceptors (Lipinski definition) is 2. The van der Waals surface area contributed by atoms with Gasteiger partial charge in [-0.05, 0) is 48.4 Å². The van der Waals surface area contributed by atoms with Crippen LogP contribution in [-0.2, 0) is 0 Å². The summed E-state index contributed by atoms with van der Waals surface area (Å²) in [6.45, 7) is 1.93. The molecule has 1 N–H and O–H groups in total. The number of methoxy groups -OCH3 is 1. The second-order valence-electron chi connectivity index (χ2n) is 3.90. The Morgan fingerprint density at radius 3 is 2.53 bits per heavy atom. The minimum absolute atomic E-state index is 0.235. The van der Waals surface area contributed by atoms with Crippen LogP contribution in [0.5, 0.6) is 11.5 Å². The molecule has 0 radical (unpaired) electrons. The van der Waals surface area contributed by atoms with Gasteiger partial charge in [0.05, 0.1) is 7.11 Å². The third kappa shape index (κ3) is 2.53. The maximum atomic E-state index is 9.60. The van der Waals surface area contributed by atoms with Crippen LogP contribution in [0.3, 0.4) is 0 Å². The smallest absolute Gasteiger partial charge is 0.119 e. The number of rotatable bonds is 2. The van der Waals surface area contributed by atoms with Gasteiger partial charge in [-0.3, -0.25) is 0 Å². The highest BCUT2D eigenvalue weighted by Crippen LogP contribution is 2.33. The normalized spacial score (nSPS) is 10.3. The molecule has 3 heteroatoms. The van der Waals surface area contributed by atoms with Crippen molar-refractivity contribution < 1.29 is 9.84 Å². The average Bonchev–Trinajstić information content (AvgIpc) is 2.28. The first-order valence-corrected chi connectivity index (χ1v) is 5.62. The highest BCUT2D eigenvalue weighted by atomic mass is 35.5. The van der Waals surface area contributed by atoms with Gasteiger partial charge in [0.2, 0.25) is 0 Å². The fourth-order valence-corrected chi connectivity index (χ4v) is 2.00. The van der Waals surface area contributed by atoms with Gasteiger partial charge in [-0.25, -0.2) is 0 Å². The summed E-state index contributed by atoms with van der Waals surface area (Å²) in [6, 6.07) is 10.8. The Morgan fingerprint density at radius 2 is 1.88 bits per heavy atom. The summed E-state index contributed by atoms with van der Waals surface area (Å²) < 4.78 is 5.17. The summed E-state index contributed by atoms with van der Waals surface area (Å²) in [5.74, 6) is 0.976. The highest BCUT2D eigenvalue weighted by Gasteiger charge is 2.07. The van der Waals surface area contributed by atoms with E-state index in [9.17, 15) is 5.11 Å². The first-order chi connectivity index (χ1) is 8.10. The SMILES string of the molecule is COc1ccc(Cl)c(-c2cc(C)cc(O)c2)c1. The summed E-state index contributed by atoms with van der Waals surface area (Å²) in [5.41, 5.74) is 2.72. The Morgan fingerprint density at radius 1 is 1.12 bits per heavy atom. The summed E-state index contributed by atoms with van der Waals surface area (Å²) in [7, 11) is 1.61. The van der Waals surface area contributed by atoms with Crippen molar-refractivity contribution >= 4 is 11.6 Å². The molecule has 2 aromatic carbocycles. The van der Waals surface area contributed by atoms with Gasteiger partial charge in [-0.15, -0.1) is 0 Å². The van der Waals surface area contributed by atoms with Crippen molar-refractivity contribution in [1.82, 2.24) is 0 Å². The molecule has 88 valence electrons. The molecule has 2 aromatic rings. The van der Waals surface area contributed by atoms with Crippen molar-refractivity contribution in [3.63, 3.8) is 0 Å². The number of phenols is 1. The molecule has 0 heterocycles. The molecule has 0 bridgehead atoms. The van der Waals surface area contributed by atoms with Crippen LogP contribution in [0.25, 0.3) is 11.1 Å². The molecule has 0 aliphatic heterocycles. The Labute approximate surface area is 105 Å². The number of halogens is 1. The number of aryl methyl sites for hydroxylation is 1. The lowest BCUT2D eigenvalue weighted by Gasteiger charge is -2.08. The highest BCUT2D eigenvalue weighted by molar-refractivity contribution is 6.33. The summed E-state index contributed by atoms with van der Waals surface area (Å²) in [5, 5.41) is 10.2. The number of aromatic hydroxyl groups is 1. The lowest BCUT2D eigenvalue weighted by atomic mass is 10.0. The van der Waals surface area contributed by atoms with E-state index in [1.165, 1.54) is 0 Å². The van der Waals surface area contributed by atoms with E-state index in [0.29, 0.717) is 5.02 Å². The van der Waals surface area contributed by atoms with Crippen LogP contribution in [0.15, 0.2) is 36.4 Å². The molecule has 0 amide bonds. The van der Waals surface area contributed by atoms with Gasteiger partial charge in [0.25, 0.3) is 0 Å². The molecule has 0 saturated carbocycles. The van der Waals surface area contributed by atoms with E-state index in [1.54, 1.807) is 25.3 Å². The number of hydrogen-bond donors (Lipinski definition) is 1. The van der Waals surface area contributed by atoms with Crippen molar-refractivity contribution in [3.8, 4) is 22.6 Å². The van der Waals surface area contributed by atoms with E-state index >= 15 is 0 Å². The van der Waals surface area contributed by atoms with Crippen LogP contribution < -0.4 is 4.74 Å². The topological polar surface area (TPSA) is 29.5 Å². The molecule has 0 unspecified atom stereocenters. The van der Waals surface area contributed by atoms with Gasteiger partial charge in [-0.1, -0.05) is 17.7 Å². The van der Waals surface area contributed by atoms with Crippen LogP contribution in [0.4, 0.5) is 0 Å². The molecule has 0 aliphatic rings. The van der Waals surface area contributed by atoms with Gasteiger partial charge in [-0.2, -0.15) is 0 Å². The first-order valence-electron chi connectivity index (χ1n) is 5.25. The van der Waals surface area contributed by atoms with Crippen molar-refractivity contribution in [2.75, 3.05) is 7.11 Å². The van der Waals surface area contributed by atoms with Gasteiger partial charge < -0.3 is 9.84 Å². The van der Waals surface area contributed by atoms with E-state index in [4.69, 9.17) is 16.3 Å². The number of phenolic OH excluding ortho intramolecular Hbond substituents is 1. The predicted molar refractivity (Wildman–Crippen MR) is 69.8 cm³/mol. The van der Waals surface area contributed by atoms with Crippen molar-refractivity contribution in [1.29, 1.82) is 0 Å². The molecule has 0 aromatic heterocycles. The third-order valence-electron chi connectivity index (χ3n) is 2.55. The second kappa shape index (κ2) is 4.68. The molecular formula is C14H13ClO2. The summed E-state index contributed by atoms with van der Waals surface area (Å²) >= 11 is 6.16. The lowest BCUT2D eigenvalue weighted by Crippen LogP contribution is -1.86. The summed E-state index contributed by atoms with van der Waals surface area (Å²) in [4.78, 5) is 0. The standard InChI is InChI=1S/C14H13ClO2/c1-9-5-10(7-11(16)6-9)13-8-12(17-2)3-4-14(13)15/h3-8,16H,1-2H3. The number of benzene rings is 2. The quantitative estimate of drug-likeness (QED) is 0.870. The Bertz CT molecular complexity index is 530. The monoisotopic (exact) mass is 248 g/mol. The molecule has 17 heavy (non-hydrogen) atoms. The van der Waals surface area contributed by atoms with Crippen molar-refractivity contribution in [2.24, 2.45) is 0 Å². The van der Waals surface area contributed by atoms with Crippen LogP contribution >= 0.6 is 11.6 Å². The molecule has 0 saturated heterocycles. The fourth-order valence-electron chi connectivity index (χ4n) is 1.77. The van der Waals surface area contributed by atoms with E-state index in [2.05, 4.69) is 0 Å². The van der Waals surface area contributed by atoms with Gasteiger partial charge >= 0.3 is 0 Å². The number of ether oxygens (including phenoxy) is 1.